The minimum atomic E-state index is -0.632. The molecule has 5 nitrogen and oxygen atoms in total. The van der Waals surface area contributed by atoms with Gasteiger partial charge in [0.05, 0.1) is 13.2 Å². The summed E-state index contributed by atoms with van der Waals surface area (Å²) < 4.78 is 5.96. The van der Waals surface area contributed by atoms with Gasteiger partial charge in [0.15, 0.2) is 0 Å². The molecule has 0 aliphatic carbocycles. The number of unbranched alkanes of at least 4 members (excludes halogenated alkanes) is 2. The van der Waals surface area contributed by atoms with Crippen molar-refractivity contribution in [1.29, 1.82) is 0 Å². The summed E-state index contributed by atoms with van der Waals surface area (Å²) in [5.74, 6) is 0.502. The summed E-state index contributed by atoms with van der Waals surface area (Å²) in [6, 6.07) is 13.4. The Morgan fingerprint density at radius 1 is 1.10 bits per heavy atom. The highest BCUT2D eigenvalue weighted by Crippen LogP contribution is 2.38. The van der Waals surface area contributed by atoms with Crippen LogP contribution in [0.15, 0.2) is 42.5 Å². The van der Waals surface area contributed by atoms with Crippen molar-refractivity contribution in [2.45, 2.75) is 65.5 Å². The van der Waals surface area contributed by atoms with Crippen molar-refractivity contribution in [2.75, 3.05) is 11.5 Å². The molecule has 2 amide bonds. The van der Waals surface area contributed by atoms with Crippen molar-refractivity contribution in [2.24, 2.45) is 0 Å². The standard InChI is InChI=1S/C25H32N2O3/c1-4-6-10-19-13-14-22-21(16-19)24(26-18(3)28)25(29)27(22)17-20-11-8-9-12-23(20)30-15-7-5-2/h8-9,11-14,16,24H,4-7,10,15,17H2,1-3H3,(H,26,28)/t24-/m1/s1. The van der Waals surface area contributed by atoms with Crippen LogP contribution in [-0.4, -0.2) is 18.4 Å². The van der Waals surface area contributed by atoms with E-state index in [9.17, 15) is 9.59 Å². The first-order chi connectivity index (χ1) is 14.5. The number of carbonyl (C=O) groups is 2. The minimum absolute atomic E-state index is 0.101. The number of anilines is 1. The highest BCUT2D eigenvalue weighted by molar-refractivity contribution is 6.06. The molecule has 1 N–H and O–H groups in total. The van der Waals surface area contributed by atoms with Crippen LogP contribution in [0.5, 0.6) is 5.75 Å². The lowest BCUT2D eigenvalue weighted by molar-refractivity contribution is -0.126. The third kappa shape index (κ3) is 5.02. The fourth-order valence-electron chi connectivity index (χ4n) is 3.80. The Bertz CT molecular complexity index is 894. The highest BCUT2D eigenvalue weighted by Gasteiger charge is 2.38. The fraction of sp³-hybridized carbons (Fsp3) is 0.440. The van der Waals surface area contributed by atoms with Crippen molar-refractivity contribution in [3.8, 4) is 5.75 Å². The third-order valence-electron chi connectivity index (χ3n) is 5.43. The smallest absolute Gasteiger partial charge is 0.254 e. The molecule has 1 aliphatic heterocycles. The third-order valence-corrected chi connectivity index (χ3v) is 5.43. The largest absolute Gasteiger partial charge is 0.493 e. The number of aryl methyl sites for hydroxylation is 1. The van der Waals surface area contributed by atoms with Gasteiger partial charge in [-0.2, -0.15) is 0 Å². The second-order valence-electron chi connectivity index (χ2n) is 7.86. The predicted molar refractivity (Wildman–Crippen MR) is 120 cm³/mol. The van der Waals surface area contributed by atoms with Gasteiger partial charge >= 0.3 is 0 Å². The maximum absolute atomic E-state index is 13.3. The van der Waals surface area contributed by atoms with Gasteiger partial charge in [-0.25, -0.2) is 0 Å². The van der Waals surface area contributed by atoms with E-state index in [-0.39, 0.29) is 11.8 Å². The molecule has 0 saturated carbocycles. The SMILES string of the molecule is CCCCOc1ccccc1CN1C(=O)[C@H](NC(C)=O)c2cc(CCCC)ccc21. The van der Waals surface area contributed by atoms with Crippen LogP contribution in [0.25, 0.3) is 0 Å². The number of nitrogens with one attached hydrogen (secondary N) is 1. The number of rotatable bonds is 10. The van der Waals surface area contributed by atoms with Crippen molar-refractivity contribution in [3.63, 3.8) is 0 Å². The second kappa shape index (κ2) is 10.3. The molecule has 0 saturated heterocycles. The molecule has 0 radical (unpaired) electrons. The molecule has 0 unspecified atom stereocenters. The lowest BCUT2D eigenvalue weighted by atomic mass is 10.0. The number of amides is 2. The second-order valence-corrected chi connectivity index (χ2v) is 7.86. The van der Waals surface area contributed by atoms with Crippen molar-refractivity contribution in [3.05, 3.63) is 59.2 Å². The molecule has 1 atom stereocenters. The summed E-state index contributed by atoms with van der Waals surface area (Å²) in [6.07, 6.45) is 5.25. The number of nitrogens with zero attached hydrogens (tertiary/aromatic N) is 1. The van der Waals surface area contributed by atoms with Gasteiger partial charge in [0.25, 0.3) is 5.91 Å². The van der Waals surface area contributed by atoms with Crippen LogP contribution >= 0.6 is 0 Å². The summed E-state index contributed by atoms with van der Waals surface area (Å²) in [5.41, 5.74) is 3.91. The molecule has 0 bridgehead atoms. The molecule has 2 aromatic carbocycles. The molecule has 5 heteroatoms. The van der Waals surface area contributed by atoms with Crippen LogP contribution in [0.1, 0.15) is 69.2 Å². The Morgan fingerprint density at radius 3 is 2.60 bits per heavy atom. The average molecular weight is 409 g/mol. The van der Waals surface area contributed by atoms with E-state index in [2.05, 4.69) is 31.3 Å². The number of hydrogen-bond acceptors (Lipinski definition) is 3. The van der Waals surface area contributed by atoms with Gasteiger partial charge in [-0.1, -0.05) is 57.0 Å². The highest BCUT2D eigenvalue weighted by atomic mass is 16.5. The number of carbonyl (C=O) groups excluding carboxylic acids is 2. The van der Waals surface area contributed by atoms with Crippen molar-refractivity contribution >= 4 is 17.5 Å². The number of ether oxygens (including phenoxy) is 1. The van der Waals surface area contributed by atoms with Crippen LogP contribution in [0, 0.1) is 0 Å². The molecule has 0 aromatic heterocycles. The predicted octanol–water partition coefficient (Wildman–Crippen LogP) is 4.93. The molecule has 2 aromatic rings. The van der Waals surface area contributed by atoms with Crippen LogP contribution < -0.4 is 15.0 Å². The van der Waals surface area contributed by atoms with Gasteiger partial charge in [-0.05, 0) is 37.0 Å². The van der Waals surface area contributed by atoms with Crippen LogP contribution in [0.2, 0.25) is 0 Å². The lowest BCUT2D eigenvalue weighted by Crippen LogP contribution is -2.36. The van der Waals surface area contributed by atoms with E-state index in [0.717, 1.165) is 54.7 Å². The first-order valence-corrected chi connectivity index (χ1v) is 11.0. The minimum Gasteiger partial charge on any atom is -0.493 e. The molecule has 0 fully saturated rings. The molecular weight excluding hydrogens is 376 g/mol. The Kier molecular flexibility index (Phi) is 7.50. The summed E-state index contributed by atoms with van der Waals surface area (Å²) in [4.78, 5) is 26.8. The van der Waals surface area contributed by atoms with Crippen LogP contribution in [-0.2, 0) is 22.6 Å². The molecule has 0 spiro atoms. The average Bonchev–Trinajstić information content (AvgIpc) is 2.98. The molecule has 30 heavy (non-hydrogen) atoms. The number of fused-ring (bicyclic) bond motifs is 1. The number of para-hydroxylation sites is 1. The van der Waals surface area contributed by atoms with E-state index in [1.807, 2.05) is 30.3 Å². The Hall–Kier alpha value is -2.82. The van der Waals surface area contributed by atoms with Gasteiger partial charge < -0.3 is 15.0 Å². The van der Waals surface area contributed by atoms with Gasteiger partial charge in [-0.3, -0.25) is 9.59 Å². The van der Waals surface area contributed by atoms with E-state index >= 15 is 0 Å². The zero-order chi connectivity index (χ0) is 21.5. The van der Waals surface area contributed by atoms with E-state index in [0.29, 0.717) is 13.2 Å². The molecule has 3 rings (SSSR count). The first-order valence-electron chi connectivity index (χ1n) is 11.0. The summed E-state index contributed by atoms with van der Waals surface area (Å²) in [7, 11) is 0. The molecule has 1 aliphatic rings. The Balaban J connectivity index is 1.89. The van der Waals surface area contributed by atoms with Gasteiger partial charge in [0, 0.05) is 23.7 Å². The van der Waals surface area contributed by atoms with Crippen molar-refractivity contribution < 1.29 is 14.3 Å². The monoisotopic (exact) mass is 408 g/mol. The van der Waals surface area contributed by atoms with E-state index in [1.54, 1.807) is 4.90 Å². The zero-order valence-electron chi connectivity index (χ0n) is 18.2. The van der Waals surface area contributed by atoms with Crippen LogP contribution in [0.3, 0.4) is 0 Å². The Labute approximate surface area is 179 Å². The normalized spacial score (nSPS) is 15.2. The molecule has 1 heterocycles. The maximum Gasteiger partial charge on any atom is 0.254 e. The van der Waals surface area contributed by atoms with E-state index in [4.69, 9.17) is 4.74 Å². The van der Waals surface area contributed by atoms with Crippen LogP contribution in [0.4, 0.5) is 5.69 Å². The number of hydrogen-bond donors (Lipinski definition) is 1. The van der Waals surface area contributed by atoms with Crippen molar-refractivity contribution in [1.82, 2.24) is 5.32 Å². The zero-order valence-corrected chi connectivity index (χ0v) is 18.2. The first kappa shape index (κ1) is 21.9. The van der Waals surface area contributed by atoms with Gasteiger partial charge in [0.1, 0.15) is 11.8 Å². The van der Waals surface area contributed by atoms with E-state index < -0.39 is 6.04 Å². The molecular formula is C25H32N2O3. The van der Waals surface area contributed by atoms with Gasteiger partial charge in [-0.15, -0.1) is 0 Å². The summed E-state index contributed by atoms with van der Waals surface area (Å²) in [6.45, 7) is 6.82. The van der Waals surface area contributed by atoms with Gasteiger partial charge in [0.2, 0.25) is 5.91 Å². The summed E-state index contributed by atoms with van der Waals surface area (Å²) in [5, 5.41) is 2.84. The van der Waals surface area contributed by atoms with E-state index in [1.165, 1.54) is 12.5 Å². The Morgan fingerprint density at radius 2 is 1.87 bits per heavy atom. The lowest BCUT2D eigenvalue weighted by Gasteiger charge is -2.20. The quantitative estimate of drug-likeness (QED) is 0.567. The molecule has 160 valence electrons. The maximum atomic E-state index is 13.3. The summed E-state index contributed by atoms with van der Waals surface area (Å²) >= 11 is 0. The number of benzene rings is 2. The fourth-order valence-corrected chi connectivity index (χ4v) is 3.80. The topological polar surface area (TPSA) is 58.6 Å².